The fourth-order valence-electron chi connectivity index (χ4n) is 5.58. The van der Waals surface area contributed by atoms with E-state index in [1.165, 1.54) is 0 Å². The van der Waals surface area contributed by atoms with Crippen LogP contribution in [-0.2, 0) is 43.2 Å². The molecular weight excluding hydrogens is 708 g/mol. The highest BCUT2D eigenvalue weighted by Crippen LogP contribution is 2.11. The Labute approximate surface area is 314 Å². The predicted molar refractivity (Wildman–Crippen MR) is 196 cm³/mol. The zero-order valence-electron chi connectivity index (χ0n) is 30.8. The van der Waals surface area contributed by atoms with E-state index in [1.807, 2.05) is 0 Å². The first kappa shape index (κ1) is 47.1. The molecule has 0 spiro atoms. The second-order valence-electron chi connectivity index (χ2n) is 13.2. The maximum absolute atomic E-state index is 13.7. The van der Waals surface area contributed by atoms with Gasteiger partial charge in [0.05, 0.1) is 0 Å². The number of amides is 9. The summed E-state index contributed by atoms with van der Waals surface area (Å²) in [7, 11) is 0. The maximum atomic E-state index is 13.7. The number of nitrogens with two attached hydrogens (primary N) is 6. The summed E-state index contributed by atoms with van der Waals surface area (Å²) < 4.78 is 0. The Kier molecular flexibility index (Phi) is 22.7. The molecule has 1 rings (SSSR count). The van der Waals surface area contributed by atoms with Gasteiger partial charge in [-0.3, -0.25) is 43.2 Å². The number of hydrogen-bond donors (Lipinski definition) is 12. The van der Waals surface area contributed by atoms with Crippen LogP contribution in [0.1, 0.15) is 96.3 Å². The van der Waals surface area contributed by atoms with Crippen molar-refractivity contribution in [1.82, 2.24) is 31.9 Å². The summed E-state index contributed by atoms with van der Waals surface area (Å²) in [6.45, 7) is 0.826. The molecule has 1 aliphatic rings. The molecule has 0 radical (unpaired) electrons. The SMILES string of the molecule is NCCCC[C@@H]1NC(=O)[C@H](CCC(N)=O)NC(=O)[C@H](CCCCN)NC(=O)[C@H](CCC(N)=O)NC(=O)[C@H](CCCCN)NC(=O)[C@H](CCC(N)=O)NC1=O. The average Bonchev–Trinajstić information content (AvgIpc) is 3.11. The van der Waals surface area contributed by atoms with Gasteiger partial charge in [0, 0.05) is 19.3 Å². The molecule has 1 saturated heterocycles. The van der Waals surface area contributed by atoms with Crippen molar-refractivity contribution in [3.8, 4) is 0 Å². The van der Waals surface area contributed by atoms with Crippen LogP contribution in [0.25, 0.3) is 0 Å². The quantitative estimate of drug-likeness (QED) is 0.0489. The lowest BCUT2D eigenvalue weighted by molar-refractivity contribution is -0.137. The molecule has 306 valence electrons. The molecule has 0 aliphatic carbocycles. The van der Waals surface area contributed by atoms with Gasteiger partial charge in [0.25, 0.3) is 0 Å². The van der Waals surface area contributed by atoms with Gasteiger partial charge in [-0.15, -0.1) is 0 Å². The Morgan fingerprint density at radius 1 is 0.352 bits per heavy atom. The minimum Gasteiger partial charge on any atom is -0.370 e. The second-order valence-corrected chi connectivity index (χ2v) is 13.2. The summed E-state index contributed by atoms with van der Waals surface area (Å²) in [6.07, 6.45) is 0.785. The Balaban J connectivity index is 3.81. The lowest BCUT2D eigenvalue weighted by Gasteiger charge is -2.29. The van der Waals surface area contributed by atoms with Gasteiger partial charge in [0.2, 0.25) is 53.2 Å². The van der Waals surface area contributed by atoms with Gasteiger partial charge in [-0.1, -0.05) is 0 Å². The number of rotatable bonds is 21. The van der Waals surface area contributed by atoms with Crippen molar-refractivity contribution in [2.75, 3.05) is 19.6 Å². The third-order valence-electron chi connectivity index (χ3n) is 8.68. The van der Waals surface area contributed by atoms with Crippen LogP contribution in [0.15, 0.2) is 0 Å². The van der Waals surface area contributed by atoms with Crippen LogP contribution in [0, 0.1) is 0 Å². The average molecular weight is 769 g/mol. The number of unbranched alkanes of at least 4 members (excludes halogenated alkanes) is 3. The topological polar surface area (TPSA) is 382 Å². The molecular formula is C33H60N12O9. The molecule has 1 aliphatic heterocycles. The van der Waals surface area contributed by atoms with Gasteiger partial charge in [-0.05, 0) is 96.7 Å². The van der Waals surface area contributed by atoms with Gasteiger partial charge in [0.15, 0.2) is 0 Å². The van der Waals surface area contributed by atoms with Crippen LogP contribution in [0.2, 0.25) is 0 Å². The molecule has 18 N–H and O–H groups in total. The highest BCUT2D eigenvalue weighted by Gasteiger charge is 2.35. The third kappa shape index (κ3) is 18.7. The summed E-state index contributed by atoms with van der Waals surface area (Å²) in [6, 6.07) is -8.11. The first-order valence-corrected chi connectivity index (χ1v) is 18.4. The number of primary amides is 3. The molecule has 1 heterocycles. The van der Waals surface area contributed by atoms with E-state index in [4.69, 9.17) is 34.4 Å². The zero-order valence-corrected chi connectivity index (χ0v) is 30.8. The van der Waals surface area contributed by atoms with Crippen molar-refractivity contribution in [2.24, 2.45) is 34.4 Å². The number of nitrogens with one attached hydrogen (secondary N) is 6. The van der Waals surface area contributed by atoms with E-state index in [1.54, 1.807) is 0 Å². The number of hydrogen-bond acceptors (Lipinski definition) is 12. The van der Waals surface area contributed by atoms with Gasteiger partial charge in [0.1, 0.15) is 36.3 Å². The lowest BCUT2D eigenvalue weighted by Crippen LogP contribution is -2.61. The zero-order chi connectivity index (χ0) is 40.6. The molecule has 54 heavy (non-hydrogen) atoms. The van der Waals surface area contributed by atoms with E-state index < -0.39 is 89.4 Å². The van der Waals surface area contributed by atoms with E-state index in [-0.39, 0.29) is 77.4 Å². The van der Waals surface area contributed by atoms with Crippen LogP contribution in [0.5, 0.6) is 0 Å². The Hall–Kier alpha value is -4.89. The number of carbonyl (C=O) groups is 9. The summed E-state index contributed by atoms with van der Waals surface area (Å²) in [4.78, 5) is 118. The van der Waals surface area contributed by atoms with E-state index in [0.717, 1.165) is 0 Å². The Morgan fingerprint density at radius 2 is 0.537 bits per heavy atom. The van der Waals surface area contributed by atoms with E-state index in [9.17, 15) is 43.2 Å². The summed E-state index contributed by atoms with van der Waals surface area (Å²) in [5.41, 5.74) is 33.0. The summed E-state index contributed by atoms with van der Waals surface area (Å²) in [5, 5.41) is 15.4. The molecule has 0 aromatic heterocycles. The van der Waals surface area contributed by atoms with Crippen LogP contribution in [-0.4, -0.2) is 109 Å². The first-order chi connectivity index (χ1) is 25.6. The van der Waals surface area contributed by atoms with Gasteiger partial charge < -0.3 is 66.3 Å². The minimum atomic E-state index is -1.42. The van der Waals surface area contributed by atoms with Crippen molar-refractivity contribution < 1.29 is 43.2 Å². The van der Waals surface area contributed by atoms with Crippen molar-refractivity contribution in [3.05, 3.63) is 0 Å². The number of carbonyl (C=O) groups excluding carboxylic acids is 9. The second kappa shape index (κ2) is 26.0. The van der Waals surface area contributed by atoms with Crippen molar-refractivity contribution in [2.45, 2.75) is 133 Å². The van der Waals surface area contributed by atoms with Gasteiger partial charge >= 0.3 is 0 Å². The molecule has 0 unspecified atom stereocenters. The molecule has 1 fully saturated rings. The Bertz CT molecular complexity index is 1150. The fraction of sp³-hybridized carbons (Fsp3) is 0.727. The largest absolute Gasteiger partial charge is 0.370 e. The van der Waals surface area contributed by atoms with Gasteiger partial charge in [-0.2, -0.15) is 0 Å². The molecule has 0 aromatic carbocycles. The summed E-state index contributed by atoms with van der Waals surface area (Å²) >= 11 is 0. The van der Waals surface area contributed by atoms with Crippen molar-refractivity contribution >= 4 is 53.2 Å². The minimum absolute atomic E-state index is 0.0456. The maximum Gasteiger partial charge on any atom is 0.243 e. The first-order valence-electron chi connectivity index (χ1n) is 18.4. The normalized spacial score (nSPS) is 23.4. The Morgan fingerprint density at radius 3 is 0.704 bits per heavy atom. The lowest BCUT2D eigenvalue weighted by atomic mass is 10.0. The van der Waals surface area contributed by atoms with Crippen molar-refractivity contribution in [1.29, 1.82) is 0 Å². The molecule has 21 nitrogen and oxygen atoms in total. The standard InChI is InChI=1S/C33H60N12O9/c34-16-4-1-7-19-28(49)43-23(11-14-26(38)47)32(53)41-21(9-3-6-18-36)30(51)45-24(12-15-27(39)48)33(54)42-20(8-2-5-17-35)29(50)44-22(31(52)40-19)10-13-25(37)46/h19-24H,1-18,34-36H2,(H2,37,46)(H2,38,47)(H2,39,48)(H,40,52)(H,41,53)(H,42,54)(H,43,49)(H,44,50)(H,45,51)/t19-,20-,21-,22-,23-,24-/m0/s1. The smallest absolute Gasteiger partial charge is 0.243 e. The highest BCUT2D eigenvalue weighted by atomic mass is 16.2. The molecule has 0 saturated carbocycles. The van der Waals surface area contributed by atoms with Crippen LogP contribution < -0.4 is 66.3 Å². The highest BCUT2D eigenvalue weighted by molar-refractivity contribution is 5.98. The van der Waals surface area contributed by atoms with E-state index in [2.05, 4.69) is 31.9 Å². The third-order valence-corrected chi connectivity index (χ3v) is 8.68. The fourth-order valence-corrected chi connectivity index (χ4v) is 5.58. The van der Waals surface area contributed by atoms with Gasteiger partial charge in [-0.25, -0.2) is 0 Å². The molecule has 21 heteroatoms. The summed E-state index contributed by atoms with van der Waals surface area (Å²) in [5.74, 6) is -7.41. The molecule has 0 bridgehead atoms. The molecule has 0 aromatic rings. The van der Waals surface area contributed by atoms with E-state index >= 15 is 0 Å². The predicted octanol–water partition coefficient (Wildman–Crippen LogP) is -4.91. The molecule has 9 amide bonds. The van der Waals surface area contributed by atoms with Crippen molar-refractivity contribution in [3.63, 3.8) is 0 Å². The van der Waals surface area contributed by atoms with Crippen LogP contribution >= 0.6 is 0 Å². The monoisotopic (exact) mass is 768 g/mol. The van der Waals surface area contributed by atoms with Crippen LogP contribution in [0.3, 0.4) is 0 Å². The molecule has 6 atom stereocenters. The van der Waals surface area contributed by atoms with Crippen LogP contribution in [0.4, 0.5) is 0 Å². The van der Waals surface area contributed by atoms with E-state index in [0.29, 0.717) is 38.5 Å².